The predicted octanol–water partition coefficient (Wildman–Crippen LogP) is 4.12. The molecule has 0 aliphatic carbocycles. The smallest absolute Gasteiger partial charge is 0.127 e. The van der Waals surface area contributed by atoms with Crippen LogP contribution in [-0.2, 0) is 6.42 Å². The lowest BCUT2D eigenvalue weighted by Crippen LogP contribution is -2.18. The standard InChI is InChI=1S/C21H21NO2/c23-19(13-12-17-7-6-14-22-15-17)16-24-21-11-5-4-10-20(21)18-8-2-1-3-9-18/h1-11,14-15,19,23H,12-13,16H2/t19-/m0/s1. The molecule has 3 rings (SSSR count). The number of aryl methyl sites for hydroxylation is 1. The van der Waals surface area contributed by atoms with Gasteiger partial charge in [0.2, 0.25) is 0 Å². The first-order valence-electron chi connectivity index (χ1n) is 8.17. The molecule has 24 heavy (non-hydrogen) atoms. The van der Waals surface area contributed by atoms with E-state index in [0.717, 1.165) is 28.9 Å². The van der Waals surface area contributed by atoms with E-state index in [9.17, 15) is 5.11 Å². The van der Waals surface area contributed by atoms with E-state index in [1.807, 2.05) is 60.8 Å². The summed E-state index contributed by atoms with van der Waals surface area (Å²) in [6, 6.07) is 22.0. The molecule has 0 bridgehead atoms. The number of benzene rings is 2. The highest BCUT2D eigenvalue weighted by molar-refractivity contribution is 5.70. The Bertz CT molecular complexity index is 744. The molecule has 3 nitrogen and oxygen atoms in total. The second-order valence-electron chi connectivity index (χ2n) is 5.73. The first-order valence-corrected chi connectivity index (χ1v) is 8.17. The van der Waals surface area contributed by atoms with Gasteiger partial charge in [0, 0.05) is 18.0 Å². The third-order valence-electron chi connectivity index (χ3n) is 3.89. The Balaban J connectivity index is 1.59. The second kappa shape index (κ2) is 8.27. The fourth-order valence-electron chi connectivity index (χ4n) is 2.60. The normalized spacial score (nSPS) is 11.9. The highest BCUT2D eigenvalue weighted by Crippen LogP contribution is 2.29. The molecule has 0 aliphatic heterocycles. The van der Waals surface area contributed by atoms with Crippen molar-refractivity contribution in [3.63, 3.8) is 0 Å². The number of aromatic nitrogens is 1. The van der Waals surface area contributed by atoms with Gasteiger partial charge in [-0.1, -0.05) is 54.6 Å². The van der Waals surface area contributed by atoms with E-state index in [1.54, 1.807) is 6.20 Å². The van der Waals surface area contributed by atoms with Crippen molar-refractivity contribution in [2.45, 2.75) is 18.9 Å². The fraction of sp³-hybridized carbons (Fsp3) is 0.190. The van der Waals surface area contributed by atoms with E-state index < -0.39 is 6.10 Å². The number of rotatable bonds is 7. The zero-order chi connectivity index (χ0) is 16.6. The summed E-state index contributed by atoms with van der Waals surface area (Å²) in [6.45, 7) is 0.282. The molecule has 1 aromatic heterocycles. The van der Waals surface area contributed by atoms with Crippen LogP contribution in [0.3, 0.4) is 0 Å². The molecule has 122 valence electrons. The molecule has 0 saturated heterocycles. The molecule has 3 heteroatoms. The van der Waals surface area contributed by atoms with E-state index in [0.29, 0.717) is 6.42 Å². The van der Waals surface area contributed by atoms with Crippen LogP contribution in [0.25, 0.3) is 11.1 Å². The monoisotopic (exact) mass is 319 g/mol. The lowest BCUT2D eigenvalue weighted by molar-refractivity contribution is 0.101. The SMILES string of the molecule is O[C@@H](CCc1cccnc1)COc1ccccc1-c1ccccc1. The van der Waals surface area contributed by atoms with Crippen LogP contribution in [0, 0.1) is 0 Å². The van der Waals surface area contributed by atoms with Gasteiger partial charge < -0.3 is 9.84 Å². The van der Waals surface area contributed by atoms with Gasteiger partial charge in [-0.3, -0.25) is 4.98 Å². The Hall–Kier alpha value is -2.65. The number of aliphatic hydroxyl groups is 1. The Morgan fingerprint density at radius 3 is 2.50 bits per heavy atom. The van der Waals surface area contributed by atoms with Crippen LogP contribution in [0.2, 0.25) is 0 Å². The van der Waals surface area contributed by atoms with Crippen LogP contribution < -0.4 is 4.74 Å². The van der Waals surface area contributed by atoms with Crippen molar-refractivity contribution in [3.05, 3.63) is 84.7 Å². The van der Waals surface area contributed by atoms with Crippen LogP contribution in [0.4, 0.5) is 0 Å². The summed E-state index contributed by atoms with van der Waals surface area (Å²) >= 11 is 0. The minimum atomic E-state index is -0.506. The molecule has 0 aliphatic rings. The summed E-state index contributed by atoms with van der Waals surface area (Å²) in [5.41, 5.74) is 3.27. The Kier molecular flexibility index (Phi) is 5.59. The minimum absolute atomic E-state index is 0.282. The lowest BCUT2D eigenvalue weighted by atomic mass is 10.0. The number of pyridine rings is 1. The molecule has 1 heterocycles. The lowest BCUT2D eigenvalue weighted by Gasteiger charge is -2.15. The maximum absolute atomic E-state index is 10.2. The molecule has 1 atom stereocenters. The molecule has 0 amide bonds. The number of nitrogens with zero attached hydrogens (tertiary/aromatic N) is 1. The number of aliphatic hydroxyl groups excluding tert-OH is 1. The summed E-state index contributed by atoms with van der Waals surface area (Å²) in [7, 11) is 0. The van der Waals surface area contributed by atoms with Gasteiger partial charge in [-0.15, -0.1) is 0 Å². The van der Waals surface area contributed by atoms with Crippen LogP contribution in [0.1, 0.15) is 12.0 Å². The Labute approximate surface area is 142 Å². The van der Waals surface area contributed by atoms with Crippen molar-refractivity contribution in [2.24, 2.45) is 0 Å². The van der Waals surface area contributed by atoms with Gasteiger partial charge in [0.05, 0.1) is 6.10 Å². The zero-order valence-corrected chi connectivity index (χ0v) is 13.5. The van der Waals surface area contributed by atoms with Crippen molar-refractivity contribution < 1.29 is 9.84 Å². The first-order chi connectivity index (χ1) is 11.8. The van der Waals surface area contributed by atoms with Crippen molar-refractivity contribution >= 4 is 0 Å². The highest BCUT2D eigenvalue weighted by atomic mass is 16.5. The number of para-hydroxylation sites is 1. The van der Waals surface area contributed by atoms with E-state index in [2.05, 4.69) is 17.1 Å². The molecule has 1 N–H and O–H groups in total. The van der Waals surface area contributed by atoms with Crippen LogP contribution in [-0.4, -0.2) is 22.8 Å². The van der Waals surface area contributed by atoms with Crippen LogP contribution in [0.5, 0.6) is 5.75 Å². The molecular formula is C21H21NO2. The predicted molar refractivity (Wildman–Crippen MR) is 95.9 cm³/mol. The van der Waals surface area contributed by atoms with Gasteiger partial charge in [-0.05, 0) is 36.1 Å². The van der Waals surface area contributed by atoms with E-state index >= 15 is 0 Å². The van der Waals surface area contributed by atoms with Gasteiger partial charge >= 0.3 is 0 Å². The Morgan fingerprint density at radius 2 is 1.71 bits per heavy atom. The minimum Gasteiger partial charge on any atom is -0.490 e. The van der Waals surface area contributed by atoms with Gasteiger partial charge in [0.1, 0.15) is 12.4 Å². The van der Waals surface area contributed by atoms with Crippen LogP contribution >= 0.6 is 0 Å². The average Bonchev–Trinajstić information content (AvgIpc) is 2.66. The van der Waals surface area contributed by atoms with Crippen LogP contribution in [0.15, 0.2) is 79.1 Å². The summed E-state index contributed by atoms with van der Waals surface area (Å²) in [6.07, 6.45) is 4.52. The molecular weight excluding hydrogens is 298 g/mol. The van der Waals surface area contributed by atoms with Gasteiger partial charge in [-0.2, -0.15) is 0 Å². The molecule has 2 aromatic carbocycles. The number of hydrogen-bond donors (Lipinski definition) is 1. The summed E-state index contributed by atoms with van der Waals surface area (Å²) in [5.74, 6) is 0.795. The maximum atomic E-state index is 10.2. The molecule has 0 unspecified atom stereocenters. The van der Waals surface area contributed by atoms with Gasteiger partial charge in [0.25, 0.3) is 0 Å². The van der Waals surface area contributed by atoms with E-state index in [4.69, 9.17) is 4.74 Å². The van der Waals surface area contributed by atoms with Crippen molar-refractivity contribution in [1.82, 2.24) is 4.98 Å². The topological polar surface area (TPSA) is 42.4 Å². The van der Waals surface area contributed by atoms with Gasteiger partial charge in [-0.25, -0.2) is 0 Å². The third-order valence-corrected chi connectivity index (χ3v) is 3.89. The summed E-state index contributed by atoms with van der Waals surface area (Å²) < 4.78 is 5.88. The average molecular weight is 319 g/mol. The van der Waals surface area contributed by atoms with Crippen molar-refractivity contribution in [2.75, 3.05) is 6.61 Å². The highest BCUT2D eigenvalue weighted by Gasteiger charge is 2.09. The molecule has 0 saturated carbocycles. The zero-order valence-electron chi connectivity index (χ0n) is 13.5. The van der Waals surface area contributed by atoms with E-state index in [1.165, 1.54) is 0 Å². The maximum Gasteiger partial charge on any atom is 0.127 e. The number of hydrogen-bond acceptors (Lipinski definition) is 3. The molecule has 0 radical (unpaired) electrons. The van der Waals surface area contributed by atoms with Crippen molar-refractivity contribution in [1.29, 1.82) is 0 Å². The summed E-state index contributed by atoms with van der Waals surface area (Å²) in [4.78, 5) is 4.09. The third kappa shape index (κ3) is 4.43. The molecule has 3 aromatic rings. The molecule has 0 spiro atoms. The second-order valence-corrected chi connectivity index (χ2v) is 5.73. The fourth-order valence-corrected chi connectivity index (χ4v) is 2.60. The van der Waals surface area contributed by atoms with Gasteiger partial charge in [0.15, 0.2) is 0 Å². The number of ether oxygens (including phenoxy) is 1. The largest absolute Gasteiger partial charge is 0.490 e. The quantitative estimate of drug-likeness (QED) is 0.712. The first kappa shape index (κ1) is 16.2. The molecule has 0 fully saturated rings. The van der Waals surface area contributed by atoms with Crippen molar-refractivity contribution in [3.8, 4) is 16.9 Å². The Morgan fingerprint density at radius 1 is 0.917 bits per heavy atom. The summed E-state index contributed by atoms with van der Waals surface area (Å²) in [5, 5.41) is 10.2. The van der Waals surface area contributed by atoms with E-state index in [-0.39, 0.29) is 6.61 Å².